The third kappa shape index (κ3) is 2.38. The van der Waals surface area contributed by atoms with Crippen LogP contribution >= 0.6 is 11.6 Å². The number of carbonyl (C=O) groups excluding carboxylic acids is 1. The molecule has 0 aromatic heterocycles. The summed E-state index contributed by atoms with van der Waals surface area (Å²) < 4.78 is 0. The van der Waals surface area contributed by atoms with E-state index in [0.29, 0.717) is 5.56 Å². The van der Waals surface area contributed by atoms with Crippen molar-refractivity contribution in [3.63, 3.8) is 0 Å². The lowest BCUT2D eigenvalue weighted by molar-refractivity contribution is 0.108. The number of halogens is 1. The van der Waals surface area contributed by atoms with Gasteiger partial charge < -0.3 is 0 Å². The highest BCUT2D eigenvalue weighted by Gasteiger charge is 2.22. The average Bonchev–Trinajstić information content (AvgIpc) is 2.08. The number of rotatable bonds is 1. The molecule has 85 valence electrons. The van der Waals surface area contributed by atoms with Gasteiger partial charge in [0.1, 0.15) is 0 Å². The Balaban J connectivity index is 3.59. The van der Waals surface area contributed by atoms with Crippen LogP contribution in [0.5, 0.6) is 0 Å². The number of benzene rings is 1. The molecule has 3 radical (unpaired) electrons. The van der Waals surface area contributed by atoms with Gasteiger partial charge in [0.15, 0.2) is 0 Å². The van der Waals surface area contributed by atoms with E-state index in [1.807, 2.05) is 19.9 Å². The maximum absolute atomic E-state index is 11.3. The smallest absolute Gasteiger partial charge is 0.252 e. The minimum atomic E-state index is -0.420. The molecule has 0 fully saturated rings. The fourth-order valence-electron chi connectivity index (χ4n) is 2.29. The van der Waals surface area contributed by atoms with E-state index in [1.54, 1.807) is 0 Å². The lowest BCUT2D eigenvalue weighted by atomic mass is 9.80. The van der Waals surface area contributed by atoms with Gasteiger partial charge in [0, 0.05) is 5.56 Å². The SMILES string of the molecule is Cc1cc(C(=O)Cl)c([Si])c(C)c1C(C)(C)C. The molecule has 0 atom stereocenters. The van der Waals surface area contributed by atoms with Crippen molar-refractivity contribution in [3.05, 3.63) is 28.3 Å². The van der Waals surface area contributed by atoms with Crippen LogP contribution in [0.1, 0.15) is 47.8 Å². The van der Waals surface area contributed by atoms with Crippen LogP contribution in [0.3, 0.4) is 0 Å². The molecule has 0 amide bonds. The van der Waals surface area contributed by atoms with Crippen molar-refractivity contribution >= 4 is 32.3 Å². The second-order valence-corrected chi connectivity index (χ2v) is 5.98. The van der Waals surface area contributed by atoms with Crippen LogP contribution in [-0.4, -0.2) is 15.5 Å². The Morgan fingerprint density at radius 3 is 2.19 bits per heavy atom. The highest BCUT2D eigenvalue weighted by atomic mass is 35.5. The van der Waals surface area contributed by atoms with Crippen LogP contribution < -0.4 is 5.19 Å². The van der Waals surface area contributed by atoms with E-state index < -0.39 is 5.24 Å². The number of hydrogen-bond acceptors (Lipinski definition) is 1. The molecule has 1 aromatic rings. The van der Waals surface area contributed by atoms with E-state index in [9.17, 15) is 4.79 Å². The zero-order chi connectivity index (χ0) is 12.7. The predicted molar refractivity (Wildman–Crippen MR) is 70.2 cm³/mol. The van der Waals surface area contributed by atoms with Crippen molar-refractivity contribution in [2.45, 2.75) is 40.0 Å². The molecule has 1 rings (SSSR count). The molecule has 0 heterocycles. The Morgan fingerprint density at radius 2 is 1.81 bits per heavy atom. The predicted octanol–water partition coefficient (Wildman–Crippen LogP) is 2.77. The van der Waals surface area contributed by atoms with E-state index in [-0.39, 0.29) is 5.41 Å². The van der Waals surface area contributed by atoms with Crippen LogP contribution in [0.2, 0.25) is 0 Å². The van der Waals surface area contributed by atoms with Gasteiger partial charge in [-0.1, -0.05) is 26.0 Å². The first-order valence-corrected chi connectivity index (χ1v) is 6.10. The van der Waals surface area contributed by atoms with Crippen LogP contribution in [0.15, 0.2) is 6.07 Å². The first-order chi connectivity index (χ1) is 7.16. The molecule has 0 bridgehead atoms. The molecular weight excluding hydrogens is 236 g/mol. The van der Waals surface area contributed by atoms with Gasteiger partial charge in [-0.3, -0.25) is 4.79 Å². The first kappa shape index (κ1) is 13.5. The van der Waals surface area contributed by atoms with E-state index in [4.69, 9.17) is 11.6 Å². The summed E-state index contributed by atoms with van der Waals surface area (Å²) in [4.78, 5) is 11.3. The average molecular weight is 252 g/mol. The van der Waals surface area contributed by atoms with Crippen molar-refractivity contribution in [1.29, 1.82) is 0 Å². The Kier molecular flexibility index (Phi) is 3.65. The van der Waals surface area contributed by atoms with Crippen molar-refractivity contribution in [3.8, 4) is 0 Å². The molecule has 0 aliphatic heterocycles. The van der Waals surface area contributed by atoms with Crippen molar-refractivity contribution < 1.29 is 4.79 Å². The van der Waals surface area contributed by atoms with E-state index >= 15 is 0 Å². The molecule has 1 nitrogen and oxygen atoms in total. The van der Waals surface area contributed by atoms with Crippen LogP contribution in [-0.2, 0) is 5.41 Å². The van der Waals surface area contributed by atoms with Crippen LogP contribution in [0.4, 0.5) is 0 Å². The maximum Gasteiger partial charge on any atom is 0.252 e. The molecule has 0 saturated heterocycles. The molecule has 0 spiro atoms. The lowest BCUT2D eigenvalue weighted by Gasteiger charge is -2.26. The van der Waals surface area contributed by atoms with Gasteiger partial charge in [-0.05, 0) is 53.6 Å². The van der Waals surface area contributed by atoms with Gasteiger partial charge in [-0.15, -0.1) is 0 Å². The third-order valence-corrected chi connectivity index (χ3v) is 3.58. The Bertz CT molecular complexity index is 444. The van der Waals surface area contributed by atoms with E-state index in [0.717, 1.165) is 16.3 Å². The minimum absolute atomic E-state index is 0.0590. The van der Waals surface area contributed by atoms with Gasteiger partial charge in [-0.2, -0.15) is 0 Å². The number of aryl methyl sites for hydroxylation is 1. The van der Waals surface area contributed by atoms with E-state index in [2.05, 4.69) is 31.0 Å². The van der Waals surface area contributed by atoms with Crippen LogP contribution in [0, 0.1) is 13.8 Å². The molecule has 1 aromatic carbocycles. The monoisotopic (exact) mass is 251 g/mol. The van der Waals surface area contributed by atoms with E-state index in [1.165, 1.54) is 5.56 Å². The second kappa shape index (κ2) is 4.34. The Hall–Kier alpha value is -0.603. The summed E-state index contributed by atoms with van der Waals surface area (Å²) in [6.07, 6.45) is 0. The highest BCUT2D eigenvalue weighted by molar-refractivity contribution is 6.69. The van der Waals surface area contributed by atoms with Gasteiger partial charge in [0.25, 0.3) is 5.24 Å². The lowest BCUT2D eigenvalue weighted by Crippen LogP contribution is -2.25. The summed E-state index contributed by atoms with van der Waals surface area (Å²) >= 11 is 5.55. The highest BCUT2D eigenvalue weighted by Crippen LogP contribution is 2.28. The van der Waals surface area contributed by atoms with Crippen molar-refractivity contribution in [1.82, 2.24) is 0 Å². The summed E-state index contributed by atoms with van der Waals surface area (Å²) in [5, 5.41) is 0.382. The van der Waals surface area contributed by atoms with Gasteiger partial charge in [-0.25, -0.2) is 0 Å². The zero-order valence-electron chi connectivity index (χ0n) is 10.4. The van der Waals surface area contributed by atoms with Gasteiger partial charge in [0.05, 0.1) is 10.2 Å². The Labute approximate surface area is 106 Å². The zero-order valence-corrected chi connectivity index (χ0v) is 12.1. The fourth-order valence-corrected chi connectivity index (χ4v) is 2.83. The van der Waals surface area contributed by atoms with Crippen molar-refractivity contribution in [2.75, 3.05) is 0 Å². The largest absolute Gasteiger partial charge is 0.276 e. The van der Waals surface area contributed by atoms with Crippen LogP contribution in [0.25, 0.3) is 0 Å². The molecule has 0 N–H and O–H groups in total. The molecular formula is C13H16ClOSi. The minimum Gasteiger partial charge on any atom is -0.276 e. The molecule has 16 heavy (non-hydrogen) atoms. The molecule has 0 unspecified atom stereocenters. The Morgan fingerprint density at radius 1 is 1.31 bits per heavy atom. The summed E-state index contributed by atoms with van der Waals surface area (Å²) in [6, 6.07) is 1.85. The fraction of sp³-hybridized carbons (Fsp3) is 0.462. The standard InChI is InChI=1S/C13H16ClOSi/c1-7-6-9(12(14)15)11(16)8(2)10(7)13(3,4)5/h6H,1-5H3. The van der Waals surface area contributed by atoms with Gasteiger partial charge >= 0.3 is 0 Å². The quantitative estimate of drug-likeness (QED) is 0.554. The topological polar surface area (TPSA) is 17.1 Å². The number of carbonyl (C=O) groups is 1. The van der Waals surface area contributed by atoms with Crippen molar-refractivity contribution in [2.24, 2.45) is 0 Å². The molecule has 0 saturated carbocycles. The summed E-state index contributed by atoms with van der Waals surface area (Å²) in [5.41, 5.74) is 4.06. The normalized spacial score (nSPS) is 11.7. The molecule has 3 heteroatoms. The second-order valence-electron chi connectivity index (χ2n) is 5.14. The third-order valence-electron chi connectivity index (χ3n) is 2.74. The molecule has 0 aliphatic rings. The maximum atomic E-state index is 11.3. The number of hydrogen-bond donors (Lipinski definition) is 0. The molecule has 0 aliphatic carbocycles. The summed E-state index contributed by atoms with van der Waals surface area (Å²) in [7, 11) is 3.51. The summed E-state index contributed by atoms with van der Waals surface area (Å²) in [5.74, 6) is 0. The summed E-state index contributed by atoms with van der Waals surface area (Å²) in [6.45, 7) is 10.5. The van der Waals surface area contributed by atoms with Gasteiger partial charge in [0.2, 0.25) is 0 Å². The first-order valence-electron chi connectivity index (χ1n) is 5.22.